The van der Waals surface area contributed by atoms with Crippen molar-refractivity contribution in [3.8, 4) is 0 Å². The predicted molar refractivity (Wildman–Crippen MR) is 233 cm³/mol. The number of unbranched alkanes of at least 4 members (excludes halogenated alkanes) is 14. The molecule has 0 saturated carbocycles. The molecule has 0 spiro atoms. The fraction of sp³-hybridized carbons (Fsp3) is 0.673. The minimum absolute atomic E-state index is 0.0458. The summed E-state index contributed by atoms with van der Waals surface area (Å²) in [5.74, 6) is -0.467. The molecule has 5 heteroatoms. The minimum Gasteiger partial charge on any atom is -0.462 e. The summed E-state index contributed by atoms with van der Waals surface area (Å²) < 4.78 is 17.2. The van der Waals surface area contributed by atoms with Crippen LogP contribution in [0.1, 0.15) is 188 Å². The largest absolute Gasteiger partial charge is 0.462 e. The quantitative estimate of drug-likeness (QED) is 0.0356. The van der Waals surface area contributed by atoms with E-state index in [2.05, 4.69) is 106 Å². The van der Waals surface area contributed by atoms with E-state index in [1.165, 1.54) is 51.4 Å². The van der Waals surface area contributed by atoms with Gasteiger partial charge in [0.15, 0.2) is 6.10 Å². The molecule has 0 aliphatic carbocycles. The first-order valence-electron chi connectivity index (χ1n) is 22.1. The van der Waals surface area contributed by atoms with Gasteiger partial charge in [0.1, 0.15) is 6.61 Å². The van der Waals surface area contributed by atoms with Crippen molar-refractivity contribution in [3.05, 3.63) is 85.1 Å². The molecule has 0 saturated heterocycles. The summed E-state index contributed by atoms with van der Waals surface area (Å²) in [5.41, 5.74) is 0. The van der Waals surface area contributed by atoms with Gasteiger partial charge in [0.2, 0.25) is 0 Å². The van der Waals surface area contributed by atoms with Crippen molar-refractivity contribution < 1.29 is 23.8 Å². The lowest BCUT2D eigenvalue weighted by atomic mass is 10.1. The third-order valence-corrected chi connectivity index (χ3v) is 8.93. The van der Waals surface area contributed by atoms with Crippen LogP contribution >= 0.6 is 0 Å². The highest BCUT2D eigenvalue weighted by Crippen LogP contribution is 2.13. The normalized spacial score (nSPS) is 13.0. The van der Waals surface area contributed by atoms with Crippen LogP contribution in [-0.2, 0) is 23.8 Å². The topological polar surface area (TPSA) is 61.8 Å². The number of esters is 2. The summed E-state index contributed by atoms with van der Waals surface area (Å²) in [6, 6.07) is 0. The Labute approximate surface area is 333 Å². The molecule has 1 unspecified atom stereocenters. The first-order chi connectivity index (χ1) is 26.6. The molecule has 0 radical (unpaired) electrons. The highest BCUT2D eigenvalue weighted by atomic mass is 16.6. The minimum atomic E-state index is -0.576. The van der Waals surface area contributed by atoms with E-state index in [4.69, 9.17) is 14.2 Å². The predicted octanol–water partition coefficient (Wildman–Crippen LogP) is 14.6. The Balaban J connectivity index is 4.40. The van der Waals surface area contributed by atoms with Gasteiger partial charge in [-0.05, 0) is 83.5 Å². The van der Waals surface area contributed by atoms with E-state index in [9.17, 15) is 9.59 Å². The molecule has 0 amide bonds. The van der Waals surface area contributed by atoms with Crippen molar-refractivity contribution >= 4 is 11.9 Å². The summed E-state index contributed by atoms with van der Waals surface area (Å²) >= 11 is 0. The summed E-state index contributed by atoms with van der Waals surface area (Å²) in [4.78, 5) is 25.2. The molecule has 0 aromatic rings. The molecule has 0 aliphatic rings. The Morgan fingerprint density at radius 2 is 0.833 bits per heavy atom. The van der Waals surface area contributed by atoms with Gasteiger partial charge in [-0.1, -0.05) is 176 Å². The van der Waals surface area contributed by atoms with Crippen LogP contribution < -0.4 is 0 Å². The summed E-state index contributed by atoms with van der Waals surface area (Å²) in [5, 5.41) is 0. The third kappa shape index (κ3) is 41.8. The molecule has 0 heterocycles. The smallest absolute Gasteiger partial charge is 0.306 e. The summed E-state index contributed by atoms with van der Waals surface area (Å²) in [6.45, 7) is 7.41. The molecule has 0 fully saturated rings. The van der Waals surface area contributed by atoms with Gasteiger partial charge in [0, 0.05) is 19.4 Å². The second-order valence-electron chi connectivity index (χ2n) is 14.2. The molecule has 0 aromatic heterocycles. The zero-order chi connectivity index (χ0) is 39.3. The van der Waals surface area contributed by atoms with Crippen LogP contribution in [0.2, 0.25) is 0 Å². The van der Waals surface area contributed by atoms with Gasteiger partial charge in [-0.15, -0.1) is 0 Å². The standard InChI is InChI=1S/C49H82O5/c1-4-7-10-13-16-19-22-24-26-29-32-35-38-41-44-52-45-47(54-49(51)43-40-37-34-31-27-21-18-15-12-9-6-3)46-53-48(50)42-39-36-33-30-28-25-23-20-17-14-11-8-5-2/h7-8,10-11,16-17,19-20,24-26,28,32,35,47H,4-6,9,12-15,18,21-23,27,29-31,33-34,36-46H2,1-3H3/b10-7-,11-8-,19-16-,20-17-,26-24-,28-25-,35-32-. The van der Waals surface area contributed by atoms with Crippen LogP contribution in [-0.4, -0.2) is 37.9 Å². The fourth-order valence-electron chi connectivity index (χ4n) is 5.70. The van der Waals surface area contributed by atoms with E-state index in [0.717, 1.165) is 103 Å². The van der Waals surface area contributed by atoms with Gasteiger partial charge in [-0.25, -0.2) is 0 Å². The second kappa shape index (κ2) is 44.5. The first kappa shape index (κ1) is 51.1. The molecule has 308 valence electrons. The van der Waals surface area contributed by atoms with E-state index in [1.807, 2.05) is 0 Å². The monoisotopic (exact) mass is 751 g/mol. The van der Waals surface area contributed by atoms with E-state index < -0.39 is 6.10 Å². The lowest BCUT2D eigenvalue weighted by molar-refractivity contribution is -0.163. The van der Waals surface area contributed by atoms with Crippen LogP contribution in [0.25, 0.3) is 0 Å². The molecular weight excluding hydrogens is 669 g/mol. The van der Waals surface area contributed by atoms with Crippen LogP contribution in [0.15, 0.2) is 85.1 Å². The number of ether oxygens (including phenoxy) is 3. The SMILES string of the molecule is CC/C=C\C/C=C\C/C=C\C/C=C\CCCOCC(COC(=O)CCCCC/C=C\C/C=C\C/C=C\CC)OC(=O)CCCCCCCCCCCCC. The van der Waals surface area contributed by atoms with Gasteiger partial charge in [-0.3, -0.25) is 9.59 Å². The number of carbonyl (C=O) groups excluding carboxylic acids is 2. The van der Waals surface area contributed by atoms with Crippen molar-refractivity contribution in [2.24, 2.45) is 0 Å². The average molecular weight is 751 g/mol. The van der Waals surface area contributed by atoms with Crippen LogP contribution in [0, 0.1) is 0 Å². The van der Waals surface area contributed by atoms with E-state index in [1.54, 1.807) is 0 Å². The summed E-state index contributed by atoms with van der Waals surface area (Å²) in [6.07, 6.45) is 57.3. The Bertz CT molecular complexity index is 1030. The Kier molecular flexibility index (Phi) is 42.1. The third-order valence-electron chi connectivity index (χ3n) is 8.93. The van der Waals surface area contributed by atoms with Crippen molar-refractivity contribution in [2.45, 2.75) is 194 Å². The molecule has 0 N–H and O–H groups in total. The lowest BCUT2D eigenvalue weighted by Gasteiger charge is -2.18. The van der Waals surface area contributed by atoms with Crippen LogP contribution in [0.4, 0.5) is 0 Å². The highest BCUT2D eigenvalue weighted by Gasteiger charge is 2.17. The van der Waals surface area contributed by atoms with Crippen molar-refractivity contribution in [1.82, 2.24) is 0 Å². The fourth-order valence-corrected chi connectivity index (χ4v) is 5.70. The zero-order valence-corrected chi connectivity index (χ0v) is 35.2. The van der Waals surface area contributed by atoms with Gasteiger partial charge >= 0.3 is 11.9 Å². The number of rotatable bonds is 39. The van der Waals surface area contributed by atoms with Crippen molar-refractivity contribution in [1.29, 1.82) is 0 Å². The van der Waals surface area contributed by atoms with Crippen LogP contribution in [0.3, 0.4) is 0 Å². The molecule has 5 nitrogen and oxygen atoms in total. The van der Waals surface area contributed by atoms with Gasteiger partial charge < -0.3 is 14.2 Å². The average Bonchev–Trinajstić information content (AvgIpc) is 3.17. The Morgan fingerprint density at radius 1 is 0.426 bits per heavy atom. The second-order valence-corrected chi connectivity index (χ2v) is 14.2. The van der Waals surface area contributed by atoms with Gasteiger partial charge in [-0.2, -0.15) is 0 Å². The van der Waals surface area contributed by atoms with Gasteiger partial charge in [0.05, 0.1) is 6.61 Å². The Hall–Kier alpha value is -2.92. The van der Waals surface area contributed by atoms with Gasteiger partial charge in [0.25, 0.3) is 0 Å². The Morgan fingerprint density at radius 3 is 1.33 bits per heavy atom. The maximum Gasteiger partial charge on any atom is 0.306 e. The molecule has 54 heavy (non-hydrogen) atoms. The first-order valence-corrected chi connectivity index (χ1v) is 22.1. The lowest BCUT2D eigenvalue weighted by Crippen LogP contribution is -2.30. The van der Waals surface area contributed by atoms with Crippen LogP contribution in [0.5, 0.6) is 0 Å². The van der Waals surface area contributed by atoms with E-state index in [0.29, 0.717) is 19.4 Å². The molecule has 0 aliphatic heterocycles. The van der Waals surface area contributed by atoms with Crippen molar-refractivity contribution in [3.63, 3.8) is 0 Å². The van der Waals surface area contributed by atoms with E-state index in [-0.39, 0.29) is 25.2 Å². The molecule has 0 aromatic carbocycles. The number of hydrogen-bond donors (Lipinski definition) is 0. The number of hydrogen-bond acceptors (Lipinski definition) is 5. The number of allylic oxidation sites excluding steroid dienone is 14. The van der Waals surface area contributed by atoms with E-state index >= 15 is 0 Å². The highest BCUT2D eigenvalue weighted by molar-refractivity contribution is 5.70. The molecule has 0 bridgehead atoms. The zero-order valence-electron chi connectivity index (χ0n) is 35.2. The maximum absolute atomic E-state index is 12.7. The molecular formula is C49H82O5. The maximum atomic E-state index is 12.7. The summed E-state index contributed by atoms with van der Waals surface area (Å²) in [7, 11) is 0. The molecule has 0 rings (SSSR count). The molecule has 1 atom stereocenters. The number of carbonyl (C=O) groups is 2. The van der Waals surface area contributed by atoms with Crippen molar-refractivity contribution in [2.75, 3.05) is 19.8 Å².